The van der Waals surface area contributed by atoms with Crippen molar-refractivity contribution in [3.63, 3.8) is 0 Å². The van der Waals surface area contributed by atoms with Crippen LogP contribution in [-0.2, 0) is 0 Å². The fourth-order valence-corrected chi connectivity index (χ4v) is 5.78. The van der Waals surface area contributed by atoms with Crippen LogP contribution in [0.25, 0.3) is 22.0 Å². The Labute approximate surface area is 198 Å². The molecule has 2 fully saturated rings. The van der Waals surface area contributed by atoms with Gasteiger partial charge >= 0.3 is 0 Å². The number of phenolic OH excluding ortho intramolecular Hbond substituents is 1. The van der Waals surface area contributed by atoms with Crippen molar-refractivity contribution in [1.29, 1.82) is 0 Å². The summed E-state index contributed by atoms with van der Waals surface area (Å²) in [6.45, 7) is 4.60. The average Bonchev–Trinajstić information content (AvgIpc) is 3.05. The molecule has 2 aromatic carbocycles. The van der Waals surface area contributed by atoms with Gasteiger partial charge in [0, 0.05) is 42.2 Å². The number of aromatic nitrogens is 2. The van der Waals surface area contributed by atoms with Gasteiger partial charge in [-0.05, 0) is 75.2 Å². The first kappa shape index (κ1) is 22.5. The van der Waals surface area contributed by atoms with E-state index in [1.807, 2.05) is 12.1 Å². The first-order chi connectivity index (χ1) is 16.1. The van der Waals surface area contributed by atoms with Crippen LogP contribution in [0, 0.1) is 5.82 Å². The molecular weight excluding hydrogens is 433 g/mol. The van der Waals surface area contributed by atoms with E-state index in [0.29, 0.717) is 22.7 Å². The molecule has 3 atom stereocenters. The van der Waals surface area contributed by atoms with E-state index in [1.54, 1.807) is 12.1 Å². The second-order valence-electron chi connectivity index (χ2n) is 10.3. The largest absolute Gasteiger partial charge is 0.507 e. The molecule has 7 nitrogen and oxygen atoms in total. The van der Waals surface area contributed by atoms with Crippen LogP contribution in [0.5, 0.6) is 5.75 Å². The molecule has 2 aliphatic rings. The van der Waals surface area contributed by atoms with Gasteiger partial charge in [-0.2, -0.15) is 0 Å². The Morgan fingerprint density at radius 3 is 2.47 bits per heavy atom. The van der Waals surface area contributed by atoms with E-state index < -0.39 is 11.7 Å². The number of anilines is 1. The summed E-state index contributed by atoms with van der Waals surface area (Å²) in [5.74, 6) is -0.520. The lowest BCUT2D eigenvalue weighted by Crippen LogP contribution is -2.58. The van der Waals surface area contributed by atoms with Crippen molar-refractivity contribution in [2.24, 2.45) is 0 Å². The first-order valence-corrected chi connectivity index (χ1v) is 11.6. The van der Waals surface area contributed by atoms with E-state index in [-0.39, 0.29) is 27.8 Å². The smallest absolute Gasteiger partial charge is 0.254 e. The summed E-state index contributed by atoms with van der Waals surface area (Å²) >= 11 is 0. The molecule has 0 saturated carbocycles. The van der Waals surface area contributed by atoms with Crippen LogP contribution in [-0.4, -0.2) is 52.4 Å². The van der Waals surface area contributed by atoms with Crippen LogP contribution < -0.4 is 15.5 Å². The van der Waals surface area contributed by atoms with Crippen LogP contribution in [0.4, 0.5) is 10.2 Å². The maximum Gasteiger partial charge on any atom is 0.254 e. The van der Waals surface area contributed by atoms with Crippen molar-refractivity contribution < 1.29 is 14.3 Å². The van der Waals surface area contributed by atoms with Gasteiger partial charge in [0.2, 0.25) is 0 Å². The zero-order valence-electron chi connectivity index (χ0n) is 19.9. The predicted octanol–water partition coefficient (Wildman–Crippen LogP) is 4.00. The molecule has 2 bridgehead atoms. The molecule has 1 aromatic heterocycles. The van der Waals surface area contributed by atoms with Crippen LogP contribution >= 0.6 is 0 Å². The fraction of sp³-hybridized carbons (Fsp3) is 0.423. The van der Waals surface area contributed by atoms with Crippen LogP contribution in [0.2, 0.25) is 0 Å². The predicted molar refractivity (Wildman–Crippen MR) is 131 cm³/mol. The number of carbonyl (C=O) groups excluding carboxylic acids is 1. The van der Waals surface area contributed by atoms with Gasteiger partial charge in [0.15, 0.2) is 5.82 Å². The topological polar surface area (TPSA) is 90.4 Å². The number of phenols is 1. The Bertz CT molecular complexity index is 1260. The normalized spacial score (nSPS) is 26.0. The molecular formula is C26H30FN5O2. The number of nitrogens with one attached hydrogen (secondary N) is 2. The minimum Gasteiger partial charge on any atom is -0.507 e. The number of nitrogens with zero attached hydrogens (tertiary/aromatic N) is 3. The minimum atomic E-state index is -0.667. The average molecular weight is 464 g/mol. The van der Waals surface area contributed by atoms with E-state index in [9.17, 15) is 14.3 Å². The van der Waals surface area contributed by atoms with Gasteiger partial charge in [0.05, 0.1) is 11.3 Å². The van der Waals surface area contributed by atoms with Gasteiger partial charge in [0.1, 0.15) is 11.6 Å². The number of aromatic hydroxyl groups is 1. The monoisotopic (exact) mass is 463 g/mol. The number of rotatable bonds is 4. The quantitative estimate of drug-likeness (QED) is 0.542. The molecule has 1 amide bonds. The van der Waals surface area contributed by atoms with Crippen LogP contribution in [0.1, 0.15) is 49.9 Å². The van der Waals surface area contributed by atoms with E-state index in [2.05, 4.69) is 46.6 Å². The Morgan fingerprint density at radius 1 is 1.15 bits per heavy atom. The molecule has 178 valence electrons. The van der Waals surface area contributed by atoms with Gasteiger partial charge in [-0.25, -0.2) is 4.39 Å². The lowest BCUT2D eigenvalue weighted by molar-refractivity contribution is 0.0959. The number of piperidine rings is 1. The third-order valence-corrected chi connectivity index (χ3v) is 7.58. The summed E-state index contributed by atoms with van der Waals surface area (Å²) < 4.78 is 14.8. The maximum atomic E-state index is 14.8. The summed E-state index contributed by atoms with van der Waals surface area (Å²) in [5, 5.41) is 26.4. The molecule has 5 rings (SSSR count). The molecule has 2 saturated heterocycles. The highest BCUT2D eigenvalue weighted by Gasteiger charge is 2.49. The van der Waals surface area contributed by atoms with Crippen molar-refractivity contribution in [1.82, 2.24) is 20.8 Å². The third kappa shape index (κ3) is 3.76. The van der Waals surface area contributed by atoms with Gasteiger partial charge < -0.3 is 20.6 Å². The highest BCUT2D eigenvalue weighted by Crippen LogP contribution is 2.44. The van der Waals surface area contributed by atoms with E-state index in [1.165, 1.54) is 32.0 Å². The van der Waals surface area contributed by atoms with E-state index >= 15 is 0 Å². The number of fused-ring (bicyclic) bond motifs is 3. The Hall–Kier alpha value is -3.26. The Balaban J connectivity index is 1.42. The van der Waals surface area contributed by atoms with Crippen molar-refractivity contribution >= 4 is 22.5 Å². The molecule has 34 heavy (non-hydrogen) atoms. The van der Waals surface area contributed by atoms with E-state index in [0.717, 1.165) is 18.7 Å². The SMILES string of the molecule is CNC(=O)c1ccc2cc(-c3ccc(N(C)[C@H]4C[C@]5(C)CC[C@](C)(C4)N5)nn3)c(O)cc2c1F. The summed E-state index contributed by atoms with van der Waals surface area (Å²) in [6.07, 6.45) is 4.48. The zero-order valence-corrected chi connectivity index (χ0v) is 19.9. The number of benzene rings is 2. The van der Waals surface area contributed by atoms with Gasteiger partial charge in [-0.1, -0.05) is 6.07 Å². The fourth-order valence-electron chi connectivity index (χ4n) is 5.78. The molecule has 3 heterocycles. The molecule has 0 spiro atoms. The van der Waals surface area contributed by atoms with Crippen molar-refractivity contribution in [3.8, 4) is 17.0 Å². The molecule has 0 aliphatic carbocycles. The zero-order chi connectivity index (χ0) is 24.3. The second-order valence-corrected chi connectivity index (χ2v) is 10.3. The number of hydrogen-bond donors (Lipinski definition) is 3. The highest BCUT2D eigenvalue weighted by molar-refractivity contribution is 6.00. The number of carbonyl (C=O) groups is 1. The van der Waals surface area contributed by atoms with Crippen LogP contribution in [0.3, 0.4) is 0 Å². The van der Waals surface area contributed by atoms with Crippen LogP contribution in [0.15, 0.2) is 36.4 Å². The summed E-state index contributed by atoms with van der Waals surface area (Å²) in [5.41, 5.74) is 1.20. The van der Waals surface area contributed by atoms with E-state index in [4.69, 9.17) is 0 Å². The summed E-state index contributed by atoms with van der Waals surface area (Å²) in [4.78, 5) is 14.1. The number of hydrogen-bond acceptors (Lipinski definition) is 6. The minimum absolute atomic E-state index is 0.0663. The lowest BCUT2D eigenvalue weighted by atomic mass is 9.84. The summed E-state index contributed by atoms with van der Waals surface area (Å²) in [7, 11) is 3.51. The molecule has 2 aliphatic heterocycles. The molecule has 3 N–H and O–H groups in total. The Kier molecular flexibility index (Phi) is 5.24. The molecule has 0 unspecified atom stereocenters. The van der Waals surface area contributed by atoms with Gasteiger partial charge in [-0.15, -0.1) is 10.2 Å². The van der Waals surface area contributed by atoms with Crippen molar-refractivity contribution in [2.75, 3.05) is 19.0 Å². The lowest BCUT2D eigenvalue weighted by Gasteiger charge is -2.45. The number of amides is 1. The van der Waals surface area contributed by atoms with Gasteiger partial charge in [-0.3, -0.25) is 4.79 Å². The number of halogens is 1. The maximum absolute atomic E-state index is 14.8. The van der Waals surface area contributed by atoms with Crippen molar-refractivity contribution in [3.05, 3.63) is 47.8 Å². The molecule has 8 heteroatoms. The molecule has 0 radical (unpaired) electrons. The second kappa shape index (κ2) is 7.91. The third-order valence-electron chi connectivity index (χ3n) is 7.58. The van der Waals surface area contributed by atoms with Gasteiger partial charge in [0.25, 0.3) is 5.91 Å². The first-order valence-electron chi connectivity index (χ1n) is 11.6. The molecule has 3 aromatic rings. The standard InChI is InChI=1S/C26H30FN5O2/c1-25-9-10-26(2,31-25)14-16(13-25)32(4)22-8-7-20(29-30-22)19-11-15-5-6-17(24(34)28-3)23(27)18(15)12-21(19)33/h5-8,11-12,16,31,33H,9-10,13-14H2,1-4H3,(H,28,34)/t16-,25-,26+. The summed E-state index contributed by atoms with van der Waals surface area (Å²) in [6, 6.07) is 10.2. The van der Waals surface area contributed by atoms with Crippen molar-refractivity contribution in [2.45, 2.75) is 56.7 Å². The highest BCUT2D eigenvalue weighted by atomic mass is 19.1. The Morgan fingerprint density at radius 2 is 1.85 bits per heavy atom.